The maximum Gasteiger partial charge on any atom is 0.347 e. The number of ketones is 1. The monoisotopic (exact) mass is 566 g/mol. The number of carbonyl (C=O) groups excluding carboxylic acids is 2. The van der Waals surface area contributed by atoms with Crippen molar-refractivity contribution >= 4 is 44.7 Å². The van der Waals surface area contributed by atoms with E-state index < -0.39 is 5.97 Å². The third kappa shape index (κ3) is 5.93. The number of allylic oxidation sites excluding steroid dienone is 1. The molecule has 0 unspecified atom stereocenters. The minimum absolute atomic E-state index is 0.0950. The van der Waals surface area contributed by atoms with E-state index in [1.54, 1.807) is 61.5 Å². The standard InChI is InChI=1S/C32H23BrO5/c1-21-31(28-19-27(16-18-30(28)37-21)36-20-23-5-3-2-4-6-23)32(35)38-26-14-7-22(8-15-26)9-17-29(34)24-10-12-25(33)13-11-24/h2-19H,20H2,1H3/b17-9+. The van der Waals surface area contributed by atoms with Crippen molar-refractivity contribution in [3.8, 4) is 11.5 Å². The number of ether oxygens (including phenoxy) is 2. The van der Waals surface area contributed by atoms with Crippen molar-refractivity contribution < 1.29 is 23.5 Å². The number of furan rings is 1. The van der Waals surface area contributed by atoms with Crippen LogP contribution in [-0.4, -0.2) is 11.8 Å². The summed E-state index contributed by atoms with van der Waals surface area (Å²) in [5, 5.41) is 0.629. The van der Waals surface area contributed by atoms with E-state index in [4.69, 9.17) is 13.9 Å². The van der Waals surface area contributed by atoms with Crippen molar-refractivity contribution in [2.75, 3.05) is 0 Å². The van der Waals surface area contributed by atoms with Crippen LogP contribution >= 0.6 is 15.9 Å². The second-order valence-corrected chi connectivity index (χ2v) is 9.54. The number of benzene rings is 4. The van der Waals surface area contributed by atoms with E-state index in [0.717, 1.165) is 15.6 Å². The lowest BCUT2D eigenvalue weighted by molar-refractivity contribution is 0.0734. The van der Waals surface area contributed by atoms with Gasteiger partial charge in [0.05, 0.1) is 0 Å². The lowest BCUT2D eigenvalue weighted by Gasteiger charge is -2.07. The summed E-state index contributed by atoms with van der Waals surface area (Å²) in [5.41, 5.74) is 3.39. The van der Waals surface area contributed by atoms with E-state index in [1.807, 2.05) is 48.5 Å². The molecule has 6 heteroatoms. The van der Waals surface area contributed by atoms with Crippen molar-refractivity contribution in [1.29, 1.82) is 0 Å². The van der Waals surface area contributed by atoms with Gasteiger partial charge in [-0.3, -0.25) is 4.79 Å². The molecule has 0 radical (unpaired) electrons. The first kappa shape index (κ1) is 25.2. The molecule has 5 aromatic rings. The van der Waals surface area contributed by atoms with Crippen molar-refractivity contribution in [1.82, 2.24) is 0 Å². The summed E-state index contributed by atoms with van der Waals surface area (Å²) in [7, 11) is 0. The van der Waals surface area contributed by atoms with Gasteiger partial charge in [0.2, 0.25) is 0 Å². The first-order valence-corrected chi connectivity index (χ1v) is 12.8. The molecule has 5 nitrogen and oxygen atoms in total. The number of carbonyl (C=O) groups is 2. The highest BCUT2D eigenvalue weighted by Gasteiger charge is 2.21. The Labute approximate surface area is 228 Å². The maximum atomic E-state index is 13.1. The lowest BCUT2D eigenvalue weighted by atomic mass is 10.1. The van der Waals surface area contributed by atoms with Crippen LogP contribution in [0, 0.1) is 6.92 Å². The molecular weight excluding hydrogens is 544 g/mol. The number of fused-ring (bicyclic) bond motifs is 1. The Bertz CT molecular complexity index is 1620. The van der Waals surface area contributed by atoms with Gasteiger partial charge in [-0.25, -0.2) is 4.79 Å². The molecule has 0 aliphatic rings. The predicted octanol–water partition coefficient (Wildman–Crippen LogP) is 8.20. The van der Waals surface area contributed by atoms with Crippen molar-refractivity contribution in [3.63, 3.8) is 0 Å². The molecule has 0 saturated carbocycles. The van der Waals surface area contributed by atoms with Crippen LogP contribution in [-0.2, 0) is 6.61 Å². The van der Waals surface area contributed by atoms with Crippen LogP contribution in [0.1, 0.15) is 37.6 Å². The van der Waals surface area contributed by atoms with E-state index in [1.165, 1.54) is 6.08 Å². The van der Waals surface area contributed by atoms with Crippen LogP contribution in [0.3, 0.4) is 0 Å². The molecule has 0 atom stereocenters. The lowest BCUT2D eigenvalue weighted by Crippen LogP contribution is -2.09. The molecule has 0 spiro atoms. The number of rotatable bonds is 8. The van der Waals surface area contributed by atoms with Gasteiger partial charge in [-0.2, -0.15) is 0 Å². The molecule has 5 rings (SSSR count). The Morgan fingerprint density at radius 3 is 2.32 bits per heavy atom. The zero-order chi connectivity index (χ0) is 26.5. The van der Waals surface area contributed by atoms with Gasteiger partial charge < -0.3 is 13.9 Å². The van der Waals surface area contributed by atoms with Gasteiger partial charge in [-0.15, -0.1) is 0 Å². The van der Waals surface area contributed by atoms with Gasteiger partial charge in [-0.05, 0) is 78.7 Å². The number of esters is 1. The molecule has 0 aliphatic carbocycles. The van der Waals surface area contributed by atoms with Crippen LogP contribution in [0.4, 0.5) is 0 Å². The molecule has 0 amide bonds. The fraction of sp³-hybridized carbons (Fsp3) is 0.0625. The second-order valence-electron chi connectivity index (χ2n) is 8.63. The van der Waals surface area contributed by atoms with Crippen LogP contribution in [0.5, 0.6) is 11.5 Å². The Balaban J connectivity index is 1.27. The molecule has 1 heterocycles. The highest BCUT2D eigenvalue weighted by Crippen LogP contribution is 2.30. The highest BCUT2D eigenvalue weighted by molar-refractivity contribution is 9.10. The highest BCUT2D eigenvalue weighted by atomic mass is 79.9. The van der Waals surface area contributed by atoms with E-state index in [2.05, 4.69) is 15.9 Å². The van der Waals surface area contributed by atoms with Gasteiger partial charge in [-0.1, -0.05) is 64.5 Å². The predicted molar refractivity (Wildman–Crippen MR) is 151 cm³/mol. The van der Waals surface area contributed by atoms with E-state index in [-0.39, 0.29) is 5.78 Å². The number of hydrogen-bond donors (Lipinski definition) is 0. The van der Waals surface area contributed by atoms with Crippen LogP contribution in [0.15, 0.2) is 112 Å². The summed E-state index contributed by atoms with van der Waals surface area (Å²) in [6.45, 7) is 2.15. The average molecular weight is 567 g/mol. The third-order valence-corrected chi connectivity index (χ3v) is 6.46. The Kier molecular flexibility index (Phi) is 7.52. The zero-order valence-corrected chi connectivity index (χ0v) is 22.1. The average Bonchev–Trinajstić information content (AvgIpc) is 3.27. The number of halogens is 1. The second kappa shape index (κ2) is 11.3. The minimum Gasteiger partial charge on any atom is -0.489 e. The molecule has 0 fully saturated rings. The summed E-state index contributed by atoms with van der Waals surface area (Å²) in [6.07, 6.45) is 3.24. The normalized spacial score (nSPS) is 11.1. The van der Waals surface area contributed by atoms with Crippen LogP contribution in [0.2, 0.25) is 0 Å². The fourth-order valence-electron chi connectivity index (χ4n) is 3.97. The van der Waals surface area contributed by atoms with Crippen LogP contribution in [0.25, 0.3) is 17.0 Å². The molecule has 188 valence electrons. The largest absolute Gasteiger partial charge is 0.489 e. The zero-order valence-electron chi connectivity index (χ0n) is 20.5. The number of aryl methyl sites for hydroxylation is 1. The van der Waals surface area contributed by atoms with Crippen LogP contribution < -0.4 is 9.47 Å². The SMILES string of the molecule is Cc1oc2ccc(OCc3ccccc3)cc2c1C(=O)Oc1ccc(/C=C/C(=O)c2ccc(Br)cc2)cc1. The Morgan fingerprint density at radius 2 is 1.58 bits per heavy atom. The molecule has 0 bridgehead atoms. The third-order valence-electron chi connectivity index (χ3n) is 5.93. The molecule has 38 heavy (non-hydrogen) atoms. The van der Waals surface area contributed by atoms with E-state index in [0.29, 0.717) is 46.0 Å². The minimum atomic E-state index is -0.518. The summed E-state index contributed by atoms with van der Waals surface area (Å²) in [6, 6.07) is 29.4. The molecule has 1 aromatic heterocycles. The Hall–Kier alpha value is -4.42. The van der Waals surface area contributed by atoms with Gasteiger partial charge in [0.1, 0.15) is 35.0 Å². The molecule has 4 aromatic carbocycles. The maximum absolute atomic E-state index is 13.1. The summed E-state index contributed by atoms with van der Waals surface area (Å²) >= 11 is 3.36. The topological polar surface area (TPSA) is 65.7 Å². The van der Waals surface area contributed by atoms with Crippen molar-refractivity contribution in [3.05, 3.63) is 136 Å². The Morgan fingerprint density at radius 1 is 0.868 bits per heavy atom. The van der Waals surface area contributed by atoms with Gasteiger partial charge in [0, 0.05) is 15.4 Å². The molecule has 0 aliphatic heterocycles. The molecule has 0 N–H and O–H groups in total. The molecule has 0 saturated heterocycles. The first-order chi connectivity index (χ1) is 18.5. The molecular formula is C32H23BrO5. The smallest absolute Gasteiger partial charge is 0.347 e. The van der Waals surface area contributed by atoms with Gasteiger partial charge >= 0.3 is 5.97 Å². The van der Waals surface area contributed by atoms with Crippen molar-refractivity contribution in [2.45, 2.75) is 13.5 Å². The summed E-state index contributed by atoms with van der Waals surface area (Å²) in [5.74, 6) is 0.871. The first-order valence-electron chi connectivity index (χ1n) is 12.0. The van der Waals surface area contributed by atoms with E-state index >= 15 is 0 Å². The fourth-order valence-corrected chi connectivity index (χ4v) is 4.24. The van der Waals surface area contributed by atoms with Crippen molar-refractivity contribution in [2.24, 2.45) is 0 Å². The summed E-state index contributed by atoms with van der Waals surface area (Å²) < 4.78 is 18.3. The van der Waals surface area contributed by atoms with Gasteiger partial charge in [0.25, 0.3) is 0 Å². The van der Waals surface area contributed by atoms with E-state index in [9.17, 15) is 9.59 Å². The summed E-state index contributed by atoms with van der Waals surface area (Å²) in [4.78, 5) is 25.5. The number of hydrogen-bond acceptors (Lipinski definition) is 5. The van der Waals surface area contributed by atoms with Gasteiger partial charge in [0.15, 0.2) is 5.78 Å². The quantitative estimate of drug-likeness (QED) is 0.0819.